The number of hydrogen-bond acceptors (Lipinski definition) is 3. The lowest BCUT2D eigenvalue weighted by molar-refractivity contribution is -0.109. The molecule has 0 aliphatic heterocycles. The Labute approximate surface area is 104 Å². The number of rotatable bonds is 4. The van der Waals surface area contributed by atoms with Gasteiger partial charge in [-0.3, -0.25) is 4.79 Å². The van der Waals surface area contributed by atoms with Crippen molar-refractivity contribution in [3.63, 3.8) is 0 Å². The van der Waals surface area contributed by atoms with Crippen LogP contribution in [0.3, 0.4) is 0 Å². The molecule has 2 nitrogen and oxygen atoms in total. The van der Waals surface area contributed by atoms with Crippen LogP contribution in [0.5, 0.6) is 0 Å². The summed E-state index contributed by atoms with van der Waals surface area (Å²) in [6, 6.07) is 6.05. The summed E-state index contributed by atoms with van der Waals surface area (Å²) in [5.74, 6) is 0.338. The summed E-state index contributed by atoms with van der Waals surface area (Å²) in [6.45, 7) is 1.52. The van der Waals surface area contributed by atoms with E-state index >= 15 is 0 Å². The van der Waals surface area contributed by atoms with Gasteiger partial charge in [-0.05, 0) is 30.2 Å². The van der Waals surface area contributed by atoms with Gasteiger partial charge in [0.2, 0.25) is 0 Å². The van der Waals surface area contributed by atoms with Crippen LogP contribution in [0.1, 0.15) is 24.5 Å². The average Bonchev–Trinajstić information content (AvgIpc) is 2.28. The van der Waals surface area contributed by atoms with Crippen molar-refractivity contribution >= 4 is 23.0 Å². The summed E-state index contributed by atoms with van der Waals surface area (Å²) in [7, 11) is 0. The quantitative estimate of drug-likeness (QED) is 0.768. The number of nitrogens with zero attached hydrogens (tertiary/aromatic N) is 1. The smallest absolute Gasteiger partial charge is 0.185 e. The van der Waals surface area contributed by atoms with Crippen molar-refractivity contribution in [1.29, 1.82) is 5.26 Å². The normalized spacial score (nSPS) is 10.4. The van der Waals surface area contributed by atoms with Gasteiger partial charge in [0, 0.05) is 12.7 Å². The fourth-order valence-corrected chi connectivity index (χ4v) is 1.80. The largest absolute Gasteiger partial charge is 0.288 e. The highest BCUT2D eigenvalue weighted by atomic mass is 32.2. The molecule has 0 N–H and O–H groups in total. The molecule has 0 saturated heterocycles. The molecule has 0 fully saturated rings. The molecular weight excluding hydrogens is 237 g/mol. The fourth-order valence-electron chi connectivity index (χ4n) is 1.25. The monoisotopic (exact) mass is 249 g/mol. The molecular formula is C13H12FNOS. The molecule has 0 bridgehead atoms. The molecule has 1 aromatic carbocycles. The summed E-state index contributed by atoms with van der Waals surface area (Å²) in [4.78, 5) is 10.7. The van der Waals surface area contributed by atoms with E-state index in [1.165, 1.54) is 36.9 Å². The van der Waals surface area contributed by atoms with Gasteiger partial charge < -0.3 is 0 Å². The molecule has 0 unspecified atom stereocenters. The molecule has 0 amide bonds. The standard InChI is InChI=1S/C13H12FNOS/c1-10(16)17-7-3-2-4-11-8-13(14)6-5-12(11)9-15/h2,4-6,8H,3,7H2,1H3. The zero-order valence-electron chi connectivity index (χ0n) is 9.44. The highest BCUT2D eigenvalue weighted by Gasteiger charge is 1.99. The number of thioether (sulfide) groups is 1. The molecule has 0 atom stereocenters. The van der Waals surface area contributed by atoms with Crippen LogP contribution in [0.2, 0.25) is 0 Å². The summed E-state index contributed by atoms with van der Waals surface area (Å²) in [5, 5.41) is 8.91. The highest BCUT2D eigenvalue weighted by Crippen LogP contribution is 2.13. The molecule has 88 valence electrons. The second kappa shape index (κ2) is 6.87. The predicted molar refractivity (Wildman–Crippen MR) is 67.9 cm³/mol. The van der Waals surface area contributed by atoms with Gasteiger partial charge in [-0.25, -0.2) is 4.39 Å². The van der Waals surface area contributed by atoms with Crippen molar-refractivity contribution in [1.82, 2.24) is 0 Å². The van der Waals surface area contributed by atoms with E-state index < -0.39 is 0 Å². The zero-order chi connectivity index (χ0) is 12.7. The van der Waals surface area contributed by atoms with Crippen LogP contribution in [0.4, 0.5) is 4.39 Å². The van der Waals surface area contributed by atoms with Crippen molar-refractivity contribution in [2.24, 2.45) is 0 Å². The molecule has 0 aliphatic rings. The third-order valence-electron chi connectivity index (χ3n) is 2.02. The number of nitriles is 1. The molecule has 0 aliphatic carbocycles. The van der Waals surface area contributed by atoms with Crippen LogP contribution in [0, 0.1) is 17.1 Å². The first-order valence-electron chi connectivity index (χ1n) is 5.13. The molecule has 1 rings (SSSR count). The lowest BCUT2D eigenvalue weighted by Gasteiger charge is -1.97. The predicted octanol–water partition coefficient (Wildman–Crippen LogP) is 3.38. The minimum atomic E-state index is -0.359. The Morgan fingerprint density at radius 1 is 1.59 bits per heavy atom. The van der Waals surface area contributed by atoms with E-state index in [-0.39, 0.29) is 10.9 Å². The minimum absolute atomic E-state index is 0.0851. The highest BCUT2D eigenvalue weighted by molar-refractivity contribution is 8.13. The molecule has 0 heterocycles. The van der Waals surface area contributed by atoms with Crippen LogP contribution in [-0.2, 0) is 4.79 Å². The Hall–Kier alpha value is -1.60. The summed E-state index contributed by atoms with van der Waals surface area (Å²) in [5.41, 5.74) is 1.02. The molecule has 4 heteroatoms. The second-order valence-corrected chi connectivity index (χ2v) is 4.65. The lowest BCUT2D eigenvalue weighted by Crippen LogP contribution is -1.86. The molecule has 1 aromatic rings. The van der Waals surface area contributed by atoms with Crippen molar-refractivity contribution in [2.75, 3.05) is 5.75 Å². The average molecular weight is 249 g/mol. The van der Waals surface area contributed by atoms with Crippen molar-refractivity contribution in [2.45, 2.75) is 13.3 Å². The van der Waals surface area contributed by atoms with E-state index in [0.717, 1.165) is 0 Å². The summed E-state index contributed by atoms with van der Waals surface area (Å²) >= 11 is 1.25. The minimum Gasteiger partial charge on any atom is -0.288 e. The number of allylic oxidation sites excluding steroid dienone is 1. The maximum atomic E-state index is 13.0. The van der Waals surface area contributed by atoms with Gasteiger partial charge in [-0.1, -0.05) is 23.9 Å². The number of halogens is 1. The number of hydrogen-bond donors (Lipinski definition) is 0. The topological polar surface area (TPSA) is 40.9 Å². The van der Waals surface area contributed by atoms with Gasteiger partial charge >= 0.3 is 0 Å². The van der Waals surface area contributed by atoms with Gasteiger partial charge in [0.05, 0.1) is 11.6 Å². The van der Waals surface area contributed by atoms with Crippen molar-refractivity contribution in [3.05, 3.63) is 41.2 Å². The van der Waals surface area contributed by atoms with Gasteiger partial charge in [-0.2, -0.15) is 5.26 Å². The third kappa shape index (κ3) is 4.83. The molecule has 0 spiro atoms. The first kappa shape index (κ1) is 13.5. The van der Waals surface area contributed by atoms with Gasteiger partial charge in [0.15, 0.2) is 5.12 Å². The lowest BCUT2D eigenvalue weighted by atomic mass is 10.1. The summed E-state index contributed by atoms with van der Waals surface area (Å²) < 4.78 is 13.0. The molecule has 0 aromatic heterocycles. The number of carbonyl (C=O) groups excluding carboxylic acids is 1. The maximum absolute atomic E-state index is 13.0. The van der Waals surface area contributed by atoms with Gasteiger partial charge in [0.25, 0.3) is 0 Å². The van der Waals surface area contributed by atoms with Crippen LogP contribution in [-0.4, -0.2) is 10.9 Å². The number of benzene rings is 1. The van der Waals surface area contributed by atoms with Crippen molar-refractivity contribution < 1.29 is 9.18 Å². The Bertz CT molecular complexity index is 477. The Kier molecular flexibility index (Phi) is 5.44. The van der Waals surface area contributed by atoms with Gasteiger partial charge in [0.1, 0.15) is 5.82 Å². The number of carbonyl (C=O) groups is 1. The maximum Gasteiger partial charge on any atom is 0.185 e. The van der Waals surface area contributed by atoms with Crippen LogP contribution in [0.25, 0.3) is 6.08 Å². The zero-order valence-corrected chi connectivity index (χ0v) is 10.3. The molecule has 17 heavy (non-hydrogen) atoms. The van der Waals surface area contributed by atoms with Crippen LogP contribution >= 0.6 is 11.8 Å². The van der Waals surface area contributed by atoms with E-state index in [4.69, 9.17) is 5.26 Å². The van der Waals surface area contributed by atoms with E-state index in [0.29, 0.717) is 23.3 Å². The Morgan fingerprint density at radius 2 is 2.35 bits per heavy atom. The second-order valence-electron chi connectivity index (χ2n) is 3.37. The van der Waals surface area contributed by atoms with Crippen molar-refractivity contribution in [3.8, 4) is 6.07 Å². The SMILES string of the molecule is CC(=O)SCCC=Cc1cc(F)ccc1C#N. The molecule has 0 radical (unpaired) electrons. The Balaban J connectivity index is 2.61. The Morgan fingerprint density at radius 3 is 3.00 bits per heavy atom. The summed E-state index contributed by atoms with van der Waals surface area (Å²) in [6.07, 6.45) is 4.26. The van der Waals surface area contributed by atoms with E-state index in [1.807, 2.05) is 12.1 Å². The molecule has 0 saturated carbocycles. The van der Waals surface area contributed by atoms with Crippen LogP contribution in [0.15, 0.2) is 24.3 Å². The third-order valence-corrected chi connectivity index (χ3v) is 2.87. The van der Waals surface area contributed by atoms with E-state index in [2.05, 4.69) is 0 Å². The van der Waals surface area contributed by atoms with E-state index in [1.54, 1.807) is 6.08 Å². The van der Waals surface area contributed by atoms with Crippen LogP contribution < -0.4 is 0 Å². The first-order chi connectivity index (χ1) is 8.13. The van der Waals surface area contributed by atoms with E-state index in [9.17, 15) is 9.18 Å². The fraction of sp³-hybridized carbons (Fsp3) is 0.231. The first-order valence-corrected chi connectivity index (χ1v) is 6.11. The van der Waals surface area contributed by atoms with Gasteiger partial charge in [-0.15, -0.1) is 0 Å².